The number of aliphatic hydroxyl groups excluding tert-OH is 1. The average Bonchev–Trinajstić information content (AvgIpc) is 1.77. The summed E-state index contributed by atoms with van der Waals surface area (Å²) in [4.78, 5) is 0.747. The Bertz CT molecular complexity index is 105. The second kappa shape index (κ2) is 2.53. The molecule has 46 valence electrons. The first-order chi connectivity index (χ1) is 3.80. The van der Waals surface area contributed by atoms with E-state index >= 15 is 0 Å². The fourth-order valence-corrected chi connectivity index (χ4v) is 0.949. The van der Waals surface area contributed by atoms with Crippen LogP contribution in [0.1, 0.15) is 6.42 Å². The number of hydrogen-bond donors (Lipinski definition) is 2. The van der Waals surface area contributed by atoms with Gasteiger partial charge in [0.2, 0.25) is 0 Å². The molecule has 1 aliphatic rings. The van der Waals surface area contributed by atoms with Crippen molar-refractivity contribution in [2.75, 3.05) is 13.1 Å². The van der Waals surface area contributed by atoms with Gasteiger partial charge in [0.1, 0.15) is 0 Å². The van der Waals surface area contributed by atoms with Crippen molar-refractivity contribution in [3.05, 3.63) is 0 Å². The Hall–Kier alpha value is 0.01000. The van der Waals surface area contributed by atoms with E-state index in [0.29, 0.717) is 6.54 Å². The summed E-state index contributed by atoms with van der Waals surface area (Å²) in [7, 11) is 0. The minimum Gasteiger partial charge on any atom is -0.388 e. The Labute approximate surface area is 53.9 Å². The maximum absolute atomic E-state index is 9.00. The molecule has 0 radical (unpaired) electrons. The number of piperidine rings is 1. The topological polar surface area (TPSA) is 32.3 Å². The monoisotopic (exact) mass is 131 g/mol. The number of hydrogen-bond acceptors (Lipinski definition) is 3. The summed E-state index contributed by atoms with van der Waals surface area (Å²) in [5, 5.41) is 12.1. The van der Waals surface area contributed by atoms with Gasteiger partial charge in [0.05, 0.1) is 6.10 Å². The van der Waals surface area contributed by atoms with Crippen LogP contribution in [0.4, 0.5) is 0 Å². The van der Waals surface area contributed by atoms with Gasteiger partial charge in [0, 0.05) is 11.4 Å². The third kappa shape index (κ3) is 1.24. The minimum atomic E-state index is -0.328. The molecule has 0 amide bonds. The molecule has 8 heavy (non-hydrogen) atoms. The molecule has 1 unspecified atom stereocenters. The van der Waals surface area contributed by atoms with E-state index in [0.717, 1.165) is 17.8 Å². The van der Waals surface area contributed by atoms with Crippen LogP contribution in [0.5, 0.6) is 0 Å². The summed E-state index contributed by atoms with van der Waals surface area (Å²) in [5.41, 5.74) is 0. The maximum atomic E-state index is 9.00. The number of aliphatic hydroxyl groups is 1. The molecule has 0 bridgehead atoms. The summed E-state index contributed by atoms with van der Waals surface area (Å²) < 4.78 is 0. The summed E-state index contributed by atoms with van der Waals surface area (Å²) in [6.45, 7) is 1.60. The molecule has 2 nitrogen and oxygen atoms in total. The Morgan fingerprint density at radius 3 is 2.88 bits per heavy atom. The Kier molecular flexibility index (Phi) is 1.94. The van der Waals surface area contributed by atoms with Crippen molar-refractivity contribution in [1.82, 2.24) is 5.32 Å². The molecule has 0 aromatic heterocycles. The van der Waals surface area contributed by atoms with Crippen molar-refractivity contribution >= 4 is 17.1 Å². The van der Waals surface area contributed by atoms with E-state index in [2.05, 4.69) is 5.32 Å². The normalized spacial score (nSPS) is 30.6. The fourth-order valence-electron chi connectivity index (χ4n) is 0.729. The van der Waals surface area contributed by atoms with Gasteiger partial charge in [-0.3, -0.25) is 0 Å². The van der Waals surface area contributed by atoms with Gasteiger partial charge in [-0.15, -0.1) is 0 Å². The number of rotatable bonds is 0. The molecule has 2 N–H and O–H groups in total. The van der Waals surface area contributed by atoms with Gasteiger partial charge in [-0.1, -0.05) is 12.2 Å². The van der Waals surface area contributed by atoms with E-state index in [1.54, 1.807) is 0 Å². The fraction of sp³-hybridized carbons (Fsp3) is 0.800. The molecule has 1 fully saturated rings. The smallest absolute Gasteiger partial charge is 0.0877 e. The van der Waals surface area contributed by atoms with Crippen LogP contribution in [0, 0.1) is 0 Å². The molecule has 0 aromatic rings. The van der Waals surface area contributed by atoms with E-state index in [1.807, 2.05) is 0 Å². The number of nitrogens with one attached hydrogen (secondary N) is 1. The summed E-state index contributed by atoms with van der Waals surface area (Å²) >= 11 is 4.82. The lowest BCUT2D eigenvalue weighted by molar-refractivity contribution is 0.222. The van der Waals surface area contributed by atoms with Crippen LogP contribution >= 0.6 is 12.2 Å². The van der Waals surface area contributed by atoms with Crippen molar-refractivity contribution in [3.8, 4) is 0 Å². The van der Waals surface area contributed by atoms with Gasteiger partial charge in [0.25, 0.3) is 0 Å². The lowest BCUT2D eigenvalue weighted by Gasteiger charge is -2.18. The van der Waals surface area contributed by atoms with E-state index in [1.165, 1.54) is 0 Å². The minimum absolute atomic E-state index is 0.328. The molecular formula is C5H9NOS. The predicted octanol–water partition coefficient (Wildman–Crippen LogP) is -0.290. The van der Waals surface area contributed by atoms with E-state index in [-0.39, 0.29) is 6.10 Å². The van der Waals surface area contributed by atoms with Crippen molar-refractivity contribution in [3.63, 3.8) is 0 Å². The molecule has 0 aliphatic carbocycles. The van der Waals surface area contributed by atoms with Gasteiger partial charge in [-0.25, -0.2) is 0 Å². The number of thiocarbonyl (C=S) groups is 1. The van der Waals surface area contributed by atoms with E-state index < -0.39 is 0 Å². The zero-order valence-electron chi connectivity index (χ0n) is 4.55. The molecule has 0 saturated carbocycles. The highest BCUT2D eigenvalue weighted by Gasteiger charge is 2.13. The van der Waals surface area contributed by atoms with Crippen LogP contribution in [0.25, 0.3) is 0 Å². The van der Waals surface area contributed by atoms with Crippen molar-refractivity contribution in [1.29, 1.82) is 0 Å². The maximum Gasteiger partial charge on any atom is 0.0877 e. The van der Waals surface area contributed by atoms with Crippen LogP contribution in [0.15, 0.2) is 0 Å². The molecule has 1 saturated heterocycles. The van der Waals surface area contributed by atoms with Gasteiger partial charge in [-0.2, -0.15) is 0 Å². The second-order valence-corrected chi connectivity index (χ2v) is 2.47. The van der Waals surface area contributed by atoms with Gasteiger partial charge < -0.3 is 10.4 Å². The first-order valence-corrected chi connectivity index (χ1v) is 3.13. The first-order valence-electron chi connectivity index (χ1n) is 2.72. The largest absolute Gasteiger partial charge is 0.388 e. The highest BCUT2D eigenvalue weighted by atomic mass is 32.1. The van der Waals surface area contributed by atoms with Crippen LogP contribution in [-0.4, -0.2) is 29.2 Å². The Morgan fingerprint density at radius 2 is 2.50 bits per heavy atom. The molecule has 1 heterocycles. The van der Waals surface area contributed by atoms with Crippen molar-refractivity contribution < 1.29 is 5.11 Å². The SMILES string of the molecule is OC1CCNCC1=S. The van der Waals surface area contributed by atoms with Crippen LogP contribution in [0.3, 0.4) is 0 Å². The first kappa shape index (κ1) is 6.13. The van der Waals surface area contributed by atoms with Crippen molar-refractivity contribution in [2.24, 2.45) is 0 Å². The molecule has 1 atom stereocenters. The third-order valence-corrected chi connectivity index (χ3v) is 1.68. The summed E-state index contributed by atoms with van der Waals surface area (Å²) in [6, 6.07) is 0. The Morgan fingerprint density at radius 1 is 1.75 bits per heavy atom. The van der Waals surface area contributed by atoms with Crippen LogP contribution in [-0.2, 0) is 0 Å². The highest BCUT2D eigenvalue weighted by molar-refractivity contribution is 7.80. The van der Waals surface area contributed by atoms with Crippen LogP contribution in [0.2, 0.25) is 0 Å². The van der Waals surface area contributed by atoms with Crippen molar-refractivity contribution in [2.45, 2.75) is 12.5 Å². The Balaban J connectivity index is 2.39. The molecular weight excluding hydrogens is 122 g/mol. The summed E-state index contributed by atoms with van der Waals surface area (Å²) in [6.07, 6.45) is 0.449. The predicted molar refractivity (Wildman–Crippen MR) is 36.1 cm³/mol. The van der Waals surface area contributed by atoms with Crippen LogP contribution < -0.4 is 5.32 Å². The molecule has 0 spiro atoms. The quantitative estimate of drug-likeness (QED) is 0.443. The lowest BCUT2D eigenvalue weighted by Crippen LogP contribution is -2.38. The van der Waals surface area contributed by atoms with E-state index in [9.17, 15) is 0 Å². The third-order valence-electron chi connectivity index (χ3n) is 1.27. The van der Waals surface area contributed by atoms with Gasteiger partial charge in [-0.05, 0) is 13.0 Å². The van der Waals surface area contributed by atoms with E-state index in [4.69, 9.17) is 17.3 Å². The molecule has 1 rings (SSSR count). The average molecular weight is 131 g/mol. The lowest BCUT2D eigenvalue weighted by atomic mass is 10.1. The molecule has 3 heteroatoms. The van der Waals surface area contributed by atoms with Gasteiger partial charge >= 0.3 is 0 Å². The summed E-state index contributed by atoms with van der Waals surface area (Å²) in [5.74, 6) is 0. The second-order valence-electron chi connectivity index (χ2n) is 1.95. The standard InChI is InChI=1S/C5H9NOS/c7-4-1-2-6-3-5(4)8/h4,6-7H,1-3H2. The van der Waals surface area contributed by atoms with Gasteiger partial charge in [0.15, 0.2) is 0 Å². The zero-order chi connectivity index (χ0) is 5.98. The zero-order valence-corrected chi connectivity index (χ0v) is 5.37. The highest BCUT2D eigenvalue weighted by Crippen LogP contribution is 1.98. The molecule has 1 aliphatic heterocycles. The molecule has 0 aromatic carbocycles.